The van der Waals surface area contributed by atoms with E-state index < -0.39 is 11.6 Å². The second-order valence-electron chi connectivity index (χ2n) is 16.7. The van der Waals surface area contributed by atoms with Crippen molar-refractivity contribution >= 4 is 87.5 Å². The van der Waals surface area contributed by atoms with E-state index in [1.54, 1.807) is 12.1 Å². The zero-order valence-corrected chi connectivity index (χ0v) is 34.8. The van der Waals surface area contributed by atoms with E-state index in [9.17, 15) is 0 Å². The summed E-state index contributed by atoms with van der Waals surface area (Å²) >= 11 is 0. The van der Waals surface area contributed by atoms with Gasteiger partial charge in [0.25, 0.3) is 0 Å². The van der Waals surface area contributed by atoms with Gasteiger partial charge < -0.3 is 13.4 Å². The maximum atomic E-state index is 15.2. The lowest BCUT2D eigenvalue weighted by molar-refractivity contribution is 0.584. The lowest BCUT2D eigenvalue weighted by atomic mass is 10.0. The number of nitrogens with zero attached hydrogens (tertiary/aromatic N) is 4. The Labute approximate surface area is 373 Å². The van der Waals surface area contributed by atoms with Crippen molar-refractivity contribution in [3.8, 4) is 45.3 Å². The van der Waals surface area contributed by atoms with Crippen LogP contribution in [0.25, 0.3) is 133 Å². The molecule has 0 aliphatic rings. The van der Waals surface area contributed by atoms with Crippen LogP contribution in [0, 0.1) is 11.6 Å². The van der Waals surface area contributed by atoms with E-state index in [-0.39, 0.29) is 11.2 Å². The van der Waals surface area contributed by atoms with Crippen LogP contribution < -0.4 is 0 Å². The van der Waals surface area contributed by atoms with Gasteiger partial charge in [0.05, 0.1) is 33.5 Å². The Hall–Kier alpha value is -8.88. The second-order valence-corrected chi connectivity index (χ2v) is 16.7. The Kier molecular flexibility index (Phi) is 7.66. The summed E-state index contributed by atoms with van der Waals surface area (Å²) in [6.45, 7) is 0. The highest BCUT2D eigenvalue weighted by molar-refractivity contribution is 6.14. The largest absolute Gasteiger partial charge is 0.452 e. The fourth-order valence-electron chi connectivity index (χ4n) is 10.2. The Morgan fingerprint density at radius 2 is 0.758 bits per heavy atom. The summed E-state index contributed by atoms with van der Waals surface area (Å²) in [6.07, 6.45) is 0. The minimum atomic E-state index is -0.439. The van der Waals surface area contributed by atoms with Crippen LogP contribution in [0.3, 0.4) is 0 Å². The van der Waals surface area contributed by atoms with Crippen molar-refractivity contribution in [1.29, 1.82) is 0 Å². The van der Waals surface area contributed by atoms with Crippen molar-refractivity contribution in [2.75, 3.05) is 0 Å². The van der Waals surface area contributed by atoms with Gasteiger partial charge in [0.15, 0.2) is 22.8 Å². The summed E-state index contributed by atoms with van der Waals surface area (Å²) in [5, 5.41) is 7.33. The van der Waals surface area contributed by atoms with Gasteiger partial charge in [0.1, 0.15) is 11.2 Å². The minimum absolute atomic E-state index is 0.183. The molecule has 14 aromatic rings. The number of para-hydroxylation sites is 7. The molecule has 0 aliphatic carbocycles. The summed E-state index contributed by atoms with van der Waals surface area (Å²) in [6, 6.07) is 64.0. The molecule has 14 rings (SSSR count). The number of aromatic nitrogens is 4. The van der Waals surface area contributed by atoms with Crippen LogP contribution in [0.4, 0.5) is 8.78 Å². The van der Waals surface area contributed by atoms with Crippen molar-refractivity contribution in [2.45, 2.75) is 0 Å². The van der Waals surface area contributed by atoms with Crippen LogP contribution in [0.5, 0.6) is 0 Å². The van der Waals surface area contributed by atoms with E-state index >= 15 is 8.78 Å². The van der Waals surface area contributed by atoms with Gasteiger partial charge in [-0.2, -0.15) is 0 Å². The van der Waals surface area contributed by atoms with Gasteiger partial charge in [-0.15, -0.1) is 0 Å². The lowest BCUT2D eigenvalue weighted by Gasteiger charge is -2.12. The van der Waals surface area contributed by atoms with E-state index in [0.717, 1.165) is 60.4 Å². The third-order valence-corrected chi connectivity index (χ3v) is 13.1. The van der Waals surface area contributed by atoms with Crippen molar-refractivity contribution < 1.29 is 17.6 Å². The first-order chi connectivity index (χ1) is 32.6. The SMILES string of the molecule is Fc1cccc2c1oc1c(-c3cc(-c4cccc5c4oc4c(F)cccc45)nc(-n4c5ccccc5c5cc(-c6ccc7c(c6)c6ccccc6n7-c6ccccc6)ccc54)n3)cccc12. The molecule has 0 N–H and O–H groups in total. The predicted molar refractivity (Wildman–Crippen MR) is 261 cm³/mol. The second kappa shape index (κ2) is 13.8. The molecule has 0 saturated heterocycles. The first kappa shape index (κ1) is 36.6. The number of benzene rings is 9. The maximum absolute atomic E-state index is 15.2. The van der Waals surface area contributed by atoms with Crippen LogP contribution >= 0.6 is 0 Å². The molecule has 0 bridgehead atoms. The molecule has 0 saturated carbocycles. The van der Waals surface area contributed by atoms with E-state index in [2.05, 4.69) is 112 Å². The minimum Gasteiger partial charge on any atom is -0.452 e. The Bertz CT molecular complexity index is 4190. The molecular weight excluding hydrogens is 823 g/mol. The smallest absolute Gasteiger partial charge is 0.235 e. The molecule has 5 aromatic heterocycles. The normalized spacial score (nSPS) is 12.1. The quantitative estimate of drug-likeness (QED) is 0.173. The summed E-state index contributed by atoms with van der Waals surface area (Å²) in [7, 11) is 0. The molecule has 0 atom stereocenters. The van der Waals surface area contributed by atoms with E-state index in [1.165, 1.54) is 22.9 Å². The first-order valence-corrected chi connectivity index (χ1v) is 21.8. The summed E-state index contributed by atoms with van der Waals surface area (Å²) in [5.41, 5.74) is 11.3. The number of halogens is 2. The van der Waals surface area contributed by atoms with Gasteiger partial charge in [0, 0.05) is 59.9 Å². The highest BCUT2D eigenvalue weighted by Gasteiger charge is 2.23. The Balaban J connectivity index is 1.00. The molecule has 0 aliphatic heterocycles. The molecule has 0 fully saturated rings. The molecule has 8 heteroatoms. The van der Waals surface area contributed by atoms with Gasteiger partial charge in [-0.1, -0.05) is 115 Å². The topological polar surface area (TPSA) is 61.9 Å². The fraction of sp³-hybridized carbons (Fsp3) is 0. The molecule has 66 heavy (non-hydrogen) atoms. The van der Waals surface area contributed by atoms with Crippen molar-refractivity contribution in [1.82, 2.24) is 19.1 Å². The molecule has 5 heterocycles. The number of fused-ring (bicyclic) bond motifs is 12. The van der Waals surface area contributed by atoms with Crippen LogP contribution in [0.2, 0.25) is 0 Å². The third kappa shape index (κ3) is 5.26. The number of furan rings is 2. The monoisotopic (exact) mass is 854 g/mol. The van der Waals surface area contributed by atoms with Crippen LogP contribution in [-0.4, -0.2) is 19.1 Å². The lowest BCUT2D eigenvalue weighted by Crippen LogP contribution is -2.04. The average Bonchev–Trinajstić information content (AvgIpc) is 4.13. The van der Waals surface area contributed by atoms with Crippen molar-refractivity contribution in [3.05, 3.63) is 206 Å². The molecule has 0 unspecified atom stereocenters. The van der Waals surface area contributed by atoms with Crippen LogP contribution in [0.1, 0.15) is 0 Å². The van der Waals surface area contributed by atoms with Crippen molar-refractivity contribution in [2.24, 2.45) is 0 Å². The summed E-state index contributed by atoms with van der Waals surface area (Å²) in [5.74, 6) is -0.466. The van der Waals surface area contributed by atoms with Crippen LogP contribution in [0.15, 0.2) is 203 Å². The molecule has 310 valence electrons. The summed E-state index contributed by atoms with van der Waals surface area (Å²) in [4.78, 5) is 10.7. The highest BCUT2D eigenvalue weighted by Crippen LogP contribution is 2.42. The Morgan fingerprint density at radius 1 is 0.333 bits per heavy atom. The zero-order valence-electron chi connectivity index (χ0n) is 34.8. The maximum Gasteiger partial charge on any atom is 0.235 e. The zero-order chi connectivity index (χ0) is 43.6. The highest BCUT2D eigenvalue weighted by atomic mass is 19.1. The van der Waals surface area contributed by atoms with Gasteiger partial charge in [0.2, 0.25) is 5.95 Å². The molecule has 9 aromatic carbocycles. The molecule has 0 radical (unpaired) electrons. The van der Waals surface area contributed by atoms with Gasteiger partial charge in [-0.05, 0) is 90.0 Å². The fourth-order valence-corrected chi connectivity index (χ4v) is 10.2. The molecule has 0 spiro atoms. The Morgan fingerprint density at radius 3 is 1.30 bits per heavy atom. The third-order valence-electron chi connectivity index (χ3n) is 13.1. The van der Waals surface area contributed by atoms with Crippen molar-refractivity contribution in [3.63, 3.8) is 0 Å². The van der Waals surface area contributed by atoms with Crippen LogP contribution in [-0.2, 0) is 0 Å². The average molecular weight is 855 g/mol. The number of hydrogen-bond donors (Lipinski definition) is 0. The van der Waals surface area contributed by atoms with Gasteiger partial charge in [-0.25, -0.2) is 18.7 Å². The van der Waals surface area contributed by atoms with E-state index in [0.29, 0.717) is 50.4 Å². The number of hydrogen-bond acceptors (Lipinski definition) is 4. The summed E-state index contributed by atoms with van der Waals surface area (Å²) < 4.78 is 47.5. The number of rotatable bonds is 5. The standard InChI is InChI=1S/C58H32F2N4O2/c59-46-22-10-18-40-38-16-8-20-42(54(38)65-56(40)46)48-32-49(43-21-9-17-39-41-19-11-23-47(60)57(41)66-55(39)43)62-58(61-48)64-51-25-7-5-15-37(51)45-31-34(27-29-53(45)64)33-26-28-52-44(30-33)36-14-4-6-24-50(36)63(52)35-12-2-1-3-13-35/h1-32H. The molecule has 0 amide bonds. The van der Waals surface area contributed by atoms with E-state index in [4.69, 9.17) is 18.8 Å². The molecule has 6 nitrogen and oxygen atoms in total. The van der Waals surface area contributed by atoms with Gasteiger partial charge in [-0.3, -0.25) is 4.57 Å². The first-order valence-electron chi connectivity index (χ1n) is 21.8. The van der Waals surface area contributed by atoms with E-state index in [1.807, 2.05) is 66.7 Å². The predicted octanol–water partition coefficient (Wildman–Crippen LogP) is 15.7. The van der Waals surface area contributed by atoms with Gasteiger partial charge >= 0.3 is 0 Å². The molecular formula is C58H32F2N4O2.